The molecule has 1 fully saturated rings. The van der Waals surface area contributed by atoms with Crippen molar-refractivity contribution in [3.8, 4) is 0 Å². The van der Waals surface area contributed by atoms with Crippen LogP contribution in [0.15, 0.2) is 24.3 Å². The number of hydrogen-bond donors (Lipinski definition) is 1. The lowest BCUT2D eigenvalue weighted by Crippen LogP contribution is -2.47. The maximum absolute atomic E-state index is 12.7. The van der Waals surface area contributed by atoms with E-state index in [1.54, 1.807) is 29.2 Å². The quantitative estimate of drug-likeness (QED) is 0.821. The van der Waals surface area contributed by atoms with Crippen LogP contribution >= 0.6 is 0 Å². The van der Waals surface area contributed by atoms with Crippen molar-refractivity contribution in [2.75, 3.05) is 45.2 Å². The van der Waals surface area contributed by atoms with Gasteiger partial charge < -0.3 is 15.0 Å². The van der Waals surface area contributed by atoms with Crippen LogP contribution < -0.4 is 5.32 Å². The minimum Gasteiger partial charge on any atom is -0.379 e. The number of nitrogens with zero attached hydrogens (tertiary/aromatic N) is 2. The summed E-state index contributed by atoms with van der Waals surface area (Å²) in [6, 6.07) is 7.42. The molecular weight excluding hydrogens is 318 g/mol. The lowest BCUT2D eigenvalue weighted by atomic mass is 10.1. The number of nitrogens with one attached hydrogen (secondary N) is 1. The van der Waals surface area contributed by atoms with Gasteiger partial charge in [-0.05, 0) is 31.5 Å². The van der Waals surface area contributed by atoms with Gasteiger partial charge in [-0.15, -0.1) is 0 Å². The van der Waals surface area contributed by atoms with E-state index in [-0.39, 0.29) is 17.9 Å². The zero-order valence-corrected chi connectivity index (χ0v) is 15.5. The molecule has 1 N–H and O–H groups in total. The first-order valence-electron chi connectivity index (χ1n) is 8.98. The largest absolute Gasteiger partial charge is 0.379 e. The van der Waals surface area contributed by atoms with Gasteiger partial charge in [-0.2, -0.15) is 0 Å². The molecule has 6 heteroatoms. The van der Waals surface area contributed by atoms with Crippen LogP contribution in [0.5, 0.6) is 0 Å². The molecule has 6 nitrogen and oxygen atoms in total. The molecule has 0 aromatic heterocycles. The number of hydrogen-bond acceptors (Lipinski definition) is 4. The van der Waals surface area contributed by atoms with Gasteiger partial charge in [0.25, 0.3) is 5.91 Å². The van der Waals surface area contributed by atoms with E-state index in [1.165, 1.54) is 0 Å². The third kappa shape index (κ3) is 5.83. The van der Waals surface area contributed by atoms with E-state index in [0.717, 1.165) is 32.7 Å². The topological polar surface area (TPSA) is 61.9 Å². The number of ether oxygens (including phenoxy) is 1. The average molecular weight is 347 g/mol. The molecule has 2 amide bonds. The molecule has 0 unspecified atom stereocenters. The third-order valence-corrected chi connectivity index (χ3v) is 4.42. The molecule has 0 radical (unpaired) electrons. The summed E-state index contributed by atoms with van der Waals surface area (Å²) in [6.07, 6.45) is 1.28. The van der Waals surface area contributed by atoms with Gasteiger partial charge in [0, 0.05) is 50.4 Å². The van der Waals surface area contributed by atoms with Gasteiger partial charge in [0.1, 0.15) is 0 Å². The summed E-state index contributed by atoms with van der Waals surface area (Å²) < 4.78 is 5.38. The molecule has 0 bridgehead atoms. The number of rotatable bonds is 7. The fourth-order valence-electron chi connectivity index (χ4n) is 3.01. The maximum Gasteiger partial charge on any atom is 0.253 e. The number of likely N-dealkylation sites (N-methyl/N-ethyl adjacent to an activating group) is 1. The first kappa shape index (κ1) is 19.4. The Morgan fingerprint density at radius 1 is 1.32 bits per heavy atom. The van der Waals surface area contributed by atoms with Gasteiger partial charge >= 0.3 is 0 Å². The number of amides is 2. The number of carbonyl (C=O) groups is 2. The predicted octanol–water partition coefficient (Wildman–Crippen LogP) is 2.22. The van der Waals surface area contributed by atoms with Crippen molar-refractivity contribution < 1.29 is 14.3 Å². The lowest BCUT2D eigenvalue weighted by molar-refractivity contribution is -0.116. The molecule has 138 valence electrons. The van der Waals surface area contributed by atoms with Gasteiger partial charge in [0.15, 0.2) is 0 Å². The van der Waals surface area contributed by atoms with Crippen LogP contribution in [0, 0.1) is 0 Å². The first-order valence-corrected chi connectivity index (χ1v) is 8.98. The van der Waals surface area contributed by atoms with Crippen molar-refractivity contribution in [3.05, 3.63) is 29.8 Å². The second-order valence-corrected chi connectivity index (χ2v) is 6.56. The van der Waals surface area contributed by atoms with Crippen molar-refractivity contribution in [2.24, 2.45) is 0 Å². The third-order valence-electron chi connectivity index (χ3n) is 4.42. The molecule has 0 saturated carbocycles. The Bertz CT molecular complexity index is 585. The Kier molecular flexibility index (Phi) is 7.40. The molecule has 1 aromatic carbocycles. The fraction of sp³-hybridized carbons (Fsp3) is 0.579. The van der Waals surface area contributed by atoms with Crippen LogP contribution in [-0.2, 0) is 9.53 Å². The smallest absolute Gasteiger partial charge is 0.253 e. The zero-order chi connectivity index (χ0) is 18.2. The molecule has 1 aliphatic heterocycles. The molecule has 1 aliphatic rings. The number of benzene rings is 1. The normalized spacial score (nSPS) is 16.3. The Labute approximate surface area is 150 Å². The monoisotopic (exact) mass is 347 g/mol. The van der Waals surface area contributed by atoms with Crippen molar-refractivity contribution in [1.82, 2.24) is 9.80 Å². The van der Waals surface area contributed by atoms with E-state index in [9.17, 15) is 9.59 Å². The van der Waals surface area contributed by atoms with E-state index in [2.05, 4.69) is 17.1 Å². The average Bonchev–Trinajstić information content (AvgIpc) is 2.62. The number of morpholine rings is 1. The van der Waals surface area contributed by atoms with Gasteiger partial charge in [0.2, 0.25) is 5.91 Å². The van der Waals surface area contributed by atoms with Crippen molar-refractivity contribution in [1.29, 1.82) is 0 Å². The highest BCUT2D eigenvalue weighted by Gasteiger charge is 2.21. The van der Waals surface area contributed by atoms with Crippen molar-refractivity contribution >= 4 is 17.5 Å². The second kappa shape index (κ2) is 9.53. The van der Waals surface area contributed by atoms with E-state index in [0.29, 0.717) is 24.2 Å². The molecule has 1 atom stereocenters. The summed E-state index contributed by atoms with van der Waals surface area (Å²) in [7, 11) is 1.82. The molecule has 2 rings (SSSR count). The SMILES string of the molecule is CCCC(=O)Nc1cccc(C(=O)N(C)C[C@@H](C)N2CCOCC2)c1. The molecular formula is C19H29N3O3. The van der Waals surface area contributed by atoms with Crippen LogP contribution in [0.4, 0.5) is 5.69 Å². The van der Waals surface area contributed by atoms with Crippen molar-refractivity contribution in [2.45, 2.75) is 32.7 Å². The Balaban J connectivity index is 1.95. The van der Waals surface area contributed by atoms with E-state index in [1.807, 2.05) is 14.0 Å². The Hall–Kier alpha value is -1.92. The van der Waals surface area contributed by atoms with Gasteiger partial charge in [-0.3, -0.25) is 14.5 Å². The highest BCUT2D eigenvalue weighted by Crippen LogP contribution is 2.14. The van der Waals surface area contributed by atoms with Crippen LogP contribution in [-0.4, -0.2) is 67.6 Å². The zero-order valence-electron chi connectivity index (χ0n) is 15.5. The van der Waals surface area contributed by atoms with Crippen LogP contribution in [0.1, 0.15) is 37.0 Å². The summed E-state index contributed by atoms with van der Waals surface area (Å²) >= 11 is 0. The summed E-state index contributed by atoms with van der Waals surface area (Å²) in [5.74, 6) is -0.0620. The van der Waals surface area contributed by atoms with E-state index >= 15 is 0 Å². The Morgan fingerprint density at radius 2 is 2.04 bits per heavy atom. The molecule has 25 heavy (non-hydrogen) atoms. The van der Waals surface area contributed by atoms with Gasteiger partial charge in [-0.1, -0.05) is 13.0 Å². The fourth-order valence-corrected chi connectivity index (χ4v) is 3.01. The molecule has 1 aromatic rings. The van der Waals surface area contributed by atoms with Crippen LogP contribution in [0.3, 0.4) is 0 Å². The second-order valence-electron chi connectivity index (χ2n) is 6.56. The standard InChI is InChI=1S/C19H29N3O3/c1-4-6-18(23)20-17-8-5-7-16(13-17)19(24)21(3)14-15(2)22-9-11-25-12-10-22/h5,7-8,13,15H,4,6,9-12,14H2,1-3H3,(H,20,23)/t15-/m1/s1. The molecule has 0 spiro atoms. The lowest BCUT2D eigenvalue weighted by Gasteiger charge is -2.34. The summed E-state index contributed by atoms with van der Waals surface area (Å²) in [5.41, 5.74) is 1.25. The molecule has 0 aliphatic carbocycles. The number of anilines is 1. The van der Waals surface area contributed by atoms with Crippen molar-refractivity contribution in [3.63, 3.8) is 0 Å². The minimum atomic E-state index is -0.0355. The molecule has 1 heterocycles. The highest BCUT2D eigenvalue weighted by atomic mass is 16.5. The maximum atomic E-state index is 12.7. The highest BCUT2D eigenvalue weighted by molar-refractivity contribution is 5.97. The van der Waals surface area contributed by atoms with Gasteiger partial charge in [0.05, 0.1) is 13.2 Å². The summed E-state index contributed by atoms with van der Waals surface area (Å²) in [4.78, 5) is 28.5. The first-order chi connectivity index (χ1) is 12.0. The van der Waals surface area contributed by atoms with Gasteiger partial charge in [-0.25, -0.2) is 0 Å². The molecule has 1 saturated heterocycles. The summed E-state index contributed by atoms with van der Waals surface area (Å²) in [5, 5.41) is 2.84. The Morgan fingerprint density at radius 3 is 2.72 bits per heavy atom. The minimum absolute atomic E-state index is 0.0265. The van der Waals surface area contributed by atoms with E-state index in [4.69, 9.17) is 4.74 Å². The summed E-state index contributed by atoms with van der Waals surface area (Å²) in [6.45, 7) is 8.07. The van der Waals surface area contributed by atoms with Crippen LogP contribution in [0.2, 0.25) is 0 Å². The van der Waals surface area contributed by atoms with Crippen LogP contribution in [0.25, 0.3) is 0 Å². The predicted molar refractivity (Wildman–Crippen MR) is 98.8 cm³/mol. The number of carbonyl (C=O) groups excluding carboxylic acids is 2. The van der Waals surface area contributed by atoms with E-state index < -0.39 is 0 Å².